The number of halogens is 4. The molecule has 0 radical (unpaired) electrons. The van der Waals surface area contributed by atoms with Gasteiger partial charge in [0.05, 0.1) is 12.5 Å². The first kappa shape index (κ1) is 15.2. The highest BCUT2D eigenvalue weighted by Gasteiger charge is 2.41. The molecular formula is C9H16F4N2O. The van der Waals surface area contributed by atoms with E-state index in [1.165, 1.54) is 0 Å². The topological polar surface area (TPSA) is 55.1 Å². The summed E-state index contributed by atoms with van der Waals surface area (Å²) in [6, 6.07) is 0. The van der Waals surface area contributed by atoms with Gasteiger partial charge >= 0.3 is 12.3 Å². The molecule has 0 aromatic heterocycles. The first-order valence-electron chi connectivity index (χ1n) is 4.86. The summed E-state index contributed by atoms with van der Waals surface area (Å²) < 4.78 is 48.5. The molecular weight excluding hydrogens is 228 g/mol. The van der Waals surface area contributed by atoms with E-state index in [2.05, 4.69) is 0 Å². The largest absolute Gasteiger partial charge is 0.350 e. The summed E-state index contributed by atoms with van der Waals surface area (Å²) in [6.45, 7) is 2.02. The Hall–Kier alpha value is -0.850. The second-order valence-corrected chi connectivity index (χ2v) is 3.87. The summed E-state index contributed by atoms with van der Waals surface area (Å²) in [5, 5.41) is 1.79. The molecule has 0 aromatic rings. The van der Waals surface area contributed by atoms with Crippen LogP contribution in [-0.2, 0) is 4.79 Å². The van der Waals surface area contributed by atoms with Crippen LogP contribution in [0.1, 0.15) is 13.8 Å². The molecule has 0 aliphatic heterocycles. The van der Waals surface area contributed by atoms with Gasteiger partial charge in [-0.15, -0.1) is 0 Å². The minimum absolute atomic E-state index is 0.0102. The summed E-state index contributed by atoms with van der Waals surface area (Å²) in [5.74, 6) is -5.71. The summed E-state index contributed by atoms with van der Waals surface area (Å²) in [6.07, 6.45) is -3.79. The smallest absolute Gasteiger partial charge is 0.324 e. The average molecular weight is 244 g/mol. The normalized spacial score (nSPS) is 14.3. The van der Waals surface area contributed by atoms with Gasteiger partial charge in [0.1, 0.15) is 0 Å². The monoisotopic (exact) mass is 244 g/mol. The number of amides is 1. The van der Waals surface area contributed by atoms with Crippen LogP contribution in [0.3, 0.4) is 0 Å². The zero-order valence-corrected chi connectivity index (χ0v) is 9.14. The highest BCUT2D eigenvalue weighted by molar-refractivity contribution is 5.79. The van der Waals surface area contributed by atoms with E-state index in [1.54, 1.807) is 19.2 Å². The molecule has 0 rings (SSSR count). The molecule has 0 aliphatic carbocycles. The SMILES string of the molecule is CC(C)C(CN)C(=O)NCC(F)(F)C(F)F. The van der Waals surface area contributed by atoms with Crippen LogP contribution < -0.4 is 11.1 Å². The average Bonchev–Trinajstić information content (AvgIpc) is 2.15. The third-order valence-electron chi connectivity index (χ3n) is 2.21. The van der Waals surface area contributed by atoms with Gasteiger partial charge in [-0.3, -0.25) is 4.79 Å². The molecule has 0 saturated carbocycles. The number of nitrogens with one attached hydrogen (secondary N) is 1. The van der Waals surface area contributed by atoms with Crippen LogP contribution in [0.15, 0.2) is 0 Å². The van der Waals surface area contributed by atoms with Crippen molar-refractivity contribution in [3.8, 4) is 0 Å². The summed E-state index contributed by atoms with van der Waals surface area (Å²) in [5.41, 5.74) is 5.28. The molecule has 16 heavy (non-hydrogen) atoms. The molecule has 0 saturated heterocycles. The Morgan fingerprint density at radius 1 is 1.38 bits per heavy atom. The number of carbonyl (C=O) groups is 1. The van der Waals surface area contributed by atoms with Crippen molar-refractivity contribution in [2.24, 2.45) is 17.6 Å². The van der Waals surface area contributed by atoms with Gasteiger partial charge in [0.15, 0.2) is 0 Å². The molecule has 0 bridgehead atoms. The molecule has 1 unspecified atom stereocenters. The van der Waals surface area contributed by atoms with Crippen LogP contribution >= 0.6 is 0 Å². The Balaban J connectivity index is 4.26. The van der Waals surface area contributed by atoms with E-state index in [9.17, 15) is 22.4 Å². The second-order valence-electron chi connectivity index (χ2n) is 3.87. The van der Waals surface area contributed by atoms with E-state index in [4.69, 9.17) is 5.73 Å². The molecule has 1 amide bonds. The second kappa shape index (κ2) is 6.03. The van der Waals surface area contributed by atoms with E-state index in [1.807, 2.05) is 0 Å². The van der Waals surface area contributed by atoms with Crippen LogP contribution in [0.5, 0.6) is 0 Å². The van der Waals surface area contributed by atoms with E-state index in [-0.39, 0.29) is 12.5 Å². The van der Waals surface area contributed by atoms with Gasteiger partial charge in [0.2, 0.25) is 5.91 Å². The first-order valence-corrected chi connectivity index (χ1v) is 4.86. The zero-order valence-electron chi connectivity index (χ0n) is 9.14. The van der Waals surface area contributed by atoms with Crippen LogP contribution in [0.2, 0.25) is 0 Å². The maximum Gasteiger partial charge on any atom is 0.324 e. The third-order valence-corrected chi connectivity index (χ3v) is 2.21. The maximum atomic E-state index is 12.5. The van der Waals surface area contributed by atoms with Gasteiger partial charge in [-0.1, -0.05) is 13.8 Å². The fourth-order valence-corrected chi connectivity index (χ4v) is 1.10. The number of carbonyl (C=O) groups excluding carboxylic acids is 1. The Morgan fingerprint density at radius 3 is 2.19 bits per heavy atom. The van der Waals surface area contributed by atoms with Gasteiger partial charge in [-0.25, -0.2) is 8.78 Å². The highest BCUT2D eigenvalue weighted by Crippen LogP contribution is 2.21. The molecule has 7 heteroatoms. The Bertz CT molecular complexity index is 234. The summed E-state index contributed by atoms with van der Waals surface area (Å²) >= 11 is 0. The van der Waals surface area contributed by atoms with Crippen molar-refractivity contribution in [3.63, 3.8) is 0 Å². The molecule has 0 spiro atoms. The van der Waals surface area contributed by atoms with Crippen LogP contribution in [0.4, 0.5) is 17.6 Å². The van der Waals surface area contributed by atoms with Crippen LogP contribution in [0.25, 0.3) is 0 Å². The number of hydrogen-bond acceptors (Lipinski definition) is 2. The Labute approximate surface area is 91.4 Å². The van der Waals surface area contributed by atoms with Crippen molar-refractivity contribution >= 4 is 5.91 Å². The third kappa shape index (κ3) is 4.34. The van der Waals surface area contributed by atoms with Gasteiger partial charge in [0.25, 0.3) is 0 Å². The predicted molar refractivity (Wildman–Crippen MR) is 51.3 cm³/mol. The maximum absolute atomic E-state index is 12.5. The van der Waals surface area contributed by atoms with Crippen molar-refractivity contribution in [2.45, 2.75) is 26.2 Å². The first-order chi connectivity index (χ1) is 7.22. The van der Waals surface area contributed by atoms with E-state index in [0.29, 0.717) is 0 Å². The van der Waals surface area contributed by atoms with E-state index < -0.39 is 30.7 Å². The molecule has 0 fully saturated rings. The lowest BCUT2D eigenvalue weighted by Crippen LogP contribution is -2.45. The number of hydrogen-bond donors (Lipinski definition) is 2. The van der Waals surface area contributed by atoms with Crippen molar-refractivity contribution in [2.75, 3.05) is 13.1 Å². The molecule has 0 aromatic carbocycles. The molecule has 0 aliphatic rings. The molecule has 3 nitrogen and oxygen atoms in total. The fraction of sp³-hybridized carbons (Fsp3) is 0.889. The quantitative estimate of drug-likeness (QED) is 0.690. The molecule has 96 valence electrons. The number of rotatable bonds is 6. The van der Waals surface area contributed by atoms with Gasteiger partial charge in [-0.05, 0) is 5.92 Å². The van der Waals surface area contributed by atoms with Crippen molar-refractivity contribution in [1.82, 2.24) is 5.32 Å². The van der Waals surface area contributed by atoms with E-state index >= 15 is 0 Å². The lowest BCUT2D eigenvalue weighted by Gasteiger charge is -2.21. The highest BCUT2D eigenvalue weighted by atomic mass is 19.3. The fourth-order valence-electron chi connectivity index (χ4n) is 1.10. The zero-order chi connectivity index (χ0) is 12.9. The van der Waals surface area contributed by atoms with Crippen molar-refractivity contribution in [1.29, 1.82) is 0 Å². The number of nitrogens with two attached hydrogens (primary N) is 1. The van der Waals surface area contributed by atoms with Gasteiger partial charge in [-0.2, -0.15) is 8.78 Å². The molecule has 3 N–H and O–H groups in total. The Kier molecular flexibility index (Phi) is 5.71. The molecule has 1 atom stereocenters. The standard InChI is InChI=1S/C9H16F4N2O/c1-5(2)6(3-14)7(16)15-4-9(12,13)8(10)11/h5-6,8H,3-4,14H2,1-2H3,(H,15,16). The van der Waals surface area contributed by atoms with Gasteiger partial charge < -0.3 is 11.1 Å². The summed E-state index contributed by atoms with van der Waals surface area (Å²) in [7, 11) is 0. The molecule has 0 heterocycles. The van der Waals surface area contributed by atoms with Gasteiger partial charge in [0, 0.05) is 6.54 Å². The number of alkyl halides is 4. The lowest BCUT2D eigenvalue weighted by molar-refractivity contribution is -0.139. The van der Waals surface area contributed by atoms with Crippen LogP contribution in [0, 0.1) is 11.8 Å². The minimum Gasteiger partial charge on any atom is -0.350 e. The van der Waals surface area contributed by atoms with E-state index in [0.717, 1.165) is 0 Å². The Morgan fingerprint density at radius 2 is 1.88 bits per heavy atom. The van der Waals surface area contributed by atoms with Crippen LogP contribution in [-0.4, -0.2) is 31.3 Å². The predicted octanol–water partition coefficient (Wildman–Crippen LogP) is 1.23. The minimum atomic E-state index is -4.20. The lowest BCUT2D eigenvalue weighted by atomic mass is 9.95. The summed E-state index contributed by atoms with van der Waals surface area (Å²) in [4.78, 5) is 11.3. The van der Waals surface area contributed by atoms with Crippen molar-refractivity contribution in [3.05, 3.63) is 0 Å². The van der Waals surface area contributed by atoms with Crippen molar-refractivity contribution < 1.29 is 22.4 Å².